The number of carbonyl (C=O) groups excluding carboxylic acids is 2. The molecule has 0 fully saturated rings. The number of nitrogens with zero attached hydrogens (tertiary/aromatic N) is 2. The number of rotatable bonds is 7. The van der Waals surface area contributed by atoms with E-state index in [2.05, 4.69) is 15.6 Å². The molecule has 0 radical (unpaired) electrons. The number of benzene rings is 2. The van der Waals surface area contributed by atoms with Crippen LogP contribution in [0.1, 0.15) is 30.8 Å². The van der Waals surface area contributed by atoms with E-state index >= 15 is 0 Å². The summed E-state index contributed by atoms with van der Waals surface area (Å²) in [7, 11) is 0. The Morgan fingerprint density at radius 3 is 2.41 bits per heavy atom. The second-order valence-corrected chi connectivity index (χ2v) is 7.61. The fourth-order valence-electron chi connectivity index (χ4n) is 3.33. The minimum atomic E-state index is -0.0991. The van der Waals surface area contributed by atoms with Crippen molar-refractivity contribution in [2.24, 2.45) is 5.92 Å². The van der Waals surface area contributed by atoms with Gasteiger partial charge in [-0.15, -0.1) is 0 Å². The van der Waals surface area contributed by atoms with Crippen molar-refractivity contribution in [3.8, 4) is 0 Å². The van der Waals surface area contributed by atoms with Crippen molar-refractivity contribution in [3.05, 3.63) is 59.4 Å². The van der Waals surface area contributed by atoms with Crippen molar-refractivity contribution in [2.45, 2.75) is 40.7 Å². The first-order valence-electron chi connectivity index (χ1n) is 9.94. The van der Waals surface area contributed by atoms with Gasteiger partial charge in [-0.05, 0) is 37.1 Å². The topological polar surface area (TPSA) is 76.0 Å². The summed E-state index contributed by atoms with van der Waals surface area (Å²) in [5.41, 5.74) is 4.68. The normalized spacial score (nSPS) is 11.1. The summed E-state index contributed by atoms with van der Waals surface area (Å²) in [6.45, 7) is 8.35. The monoisotopic (exact) mass is 392 g/mol. The van der Waals surface area contributed by atoms with Crippen LogP contribution in [0.15, 0.2) is 42.5 Å². The summed E-state index contributed by atoms with van der Waals surface area (Å²) < 4.78 is 1.93. The molecule has 29 heavy (non-hydrogen) atoms. The number of para-hydroxylation sites is 3. The molecular formula is C23H28N4O2. The molecule has 2 amide bonds. The minimum Gasteiger partial charge on any atom is -0.355 e. The molecule has 0 unspecified atom stereocenters. The Hall–Kier alpha value is -3.15. The lowest BCUT2D eigenvalue weighted by Crippen LogP contribution is -2.30. The summed E-state index contributed by atoms with van der Waals surface area (Å²) in [6, 6.07) is 13.7. The molecule has 6 heteroatoms. The number of fused-ring (bicyclic) bond motifs is 1. The van der Waals surface area contributed by atoms with Crippen LogP contribution < -0.4 is 10.6 Å². The van der Waals surface area contributed by atoms with Crippen LogP contribution in [0.4, 0.5) is 5.69 Å². The second-order valence-electron chi connectivity index (χ2n) is 7.61. The van der Waals surface area contributed by atoms with Gasteiger partial charge in [0, 0.05) is 24.6 Å². The number of aryl methyl sites for hydroxylation is 2. The van der Waals surface area contributed by atoms with E-state index in [1.165, 1.54) is 0 Å². The summed E-state index contributed by atoms with van der Waals surface area (Å²) >= 11 is 0. The average Bonchev–Trinajstić information content (AvgIpc) is 3.02. The van der Waals surface area contributed by atoms with E-state index in [0.717, 1.165) is 33.7 Å². The number of aromatic nitrogens is 2. The predicted octanol–water partition coefficient (Wildman–Crippen LogP) is 3.61. The van der Waals surface area contributed by atoms with E-state index in [1.54, 1.807) is 0 Å². The standard InChI is InChI=1S/C23H28N4O2/c1-15(2)23(29)24-13-12-20-25-18-10-5-6-11-19(18)27(20)14-21(28)26-22-16(3)8-7-9-17(22)4/h5-11,15H,12-14H2,1-4H3,(H,24,29)(H,26,28). The van der Waals surface area contributed by atoms with Crippen molar-refractivity contribution < 1.29 is 9.59 Å². The molecule has 6 nitrogen and oxygen atoms in total. The van der Waals surface area contributed by atoms with Gasteiger partial charge in [-0.1, -0.05) is 44.2 Å². The van der Waals surface area contributed by atoms with Crippen LogP contribution in [0, 0.1) is 19.8 Å². The number of nitrogens with one attached hydrogen (secondary N) is 2. The molecule has 0 bridgehead atoms. The number of hydrogen-bond donors (Lipinski definition) is 2. The number of anilines is 1. The maximum Gasteiger partial charge on any atom is 0.244 e. The van der Waals surface area contributed by atoms with Gasteiger partial charge in [0.05, 0.1) is 11.0 Å². The second kappa shape index (κ2) is 8.90. The molecule has 2 aromatic carbocycles. The molecule has 0 atom stereocenters. The molecule has 2 N–H and O–H groups in total. The third kappa shape index (κ3) is 4.83. The molecular weight excluding hydrogens is 364 g/mol. The number of carbonyl (C=O) groups is 2. The fourth-order valence-corrected chi connectivity index (χ4v) is 3.33. The third-order valence-electron chi connectivity index (χ3n) is 4.95. The molecule has 0 aliphatic carbocycles. The van der Waals surface area contributed by atoms with E-state index in [9.17, 15) is 9.59 Å². The van der Waals surface area contributed by atoms with Gasteiger partial charge < -0.3 is 15.2 Å². The van der Waals surface area contributed by atoms with Crippen LogP contribution in [0.3, 0.4) is 0 Å². The molecule has 0 spiro atoms. The molecule has 0 saturated carbocycles. The first kappa shape index (κ1) is 20.6. The summed E-state index contributed by atoms with van der Waals surface area (Å²) in [4.78, 5) is 29.3. The van der Waals surface area contributed by atoms with E-state index in [4.69, 9.17) is 0 Å². The van der Waals surface area contributed by atoms with Crippen LogP contribution in [-0.4, -0.2) is 27.9 Å². The van der Waals surface area contributed by atoms with Crippen LogP contribution in [0.2, 0.25) is 0 Å². The Morgan fingerprint density at radius 1 is 1.03 bits per heavy atom. The Morgan fingerprint density at radius 2 is 1.72 bits per heavy atom. The lowest BCUT2D eigenvalue weighted by atomic mass is 10.1. The largest absolute Gasteiger partial charge is 0.355 e. The third-order valence-corrected chi connectivity index (χ3v) is 4.95. The SMILES string of the molecule is Cc1cccc(C)c1NC(=O)Cn1c(CCNC(=O)C(C)C)nc2ccccc21. The van der Waals surface area contributed by atoms with Gasteiger partial charge in [0.25, 0.3) is 0 Å². The predicted molar refractivity (Wildman–Crippen MR) is 116 cm³/mol. The zero-order chi connectivity index (χ0) is 21.0. The number of imidazole rings is 1. The van der Waals surface area contributed by atoms with Gasteiger partial charge in [-0.3, -0.25) is 9.59 Å². The highest BCUT2D eigenvalue weighted by atomic mass is 16.2. The van der Waals surface area contributed by atoms with Gasteiger partial charge in [0.15, 0.2) is 0 Å². The summed E-state index contributed by atoms with van der Waals surface area (Å²) in [6.07, 6.45) is 0.559. The van der Waals surface area contributed by atoms with Crippen molar-refractivity contribution in [2.75, 3.05) is 11.9 Å². The van der Waals surface area contributed by atoms with E-state index in [0.29, 0.717) is 13.0 Å². The van der Waals surface area contributed by atoms with E-state index < -0.39 is 0 Å². The Kier molecular flexibility index (Phi) is 6.32. The highest BCUT2D eigenvalue weighted by Gasteiger charge is 2.15. The Labute approximate surface area is 171 Å². The molecule has 0 aliphatic rings. The van der Waals surface area contributed by atoms with Gasteiger partial charge in [0.1, 0.15) is 12.4 Å². The lowest BCUT2D eigenvalue weighted by molar-refractivity contribution is -0.124. The van der Waals surface area contributed by atoms with Crippen LogP contribution in [-0.2, 0) is 22.6 Å². The maximum absolute atomic E-state index is 12.8. The van der Waals surface area contributed by atoms with Crippen molar-refractivity contribution in [1.82, 2.24) is 14.9 Å². The summed E-state index contributed by atoms with van der Waals surface area (Å²) in [5.74, 6) is 0.641. The molecule has 152 valence electrons. The van der Waals surface area contributed by atoms with Crippen molar-refractivity contribution >= 4 is 28.5 Å². The van der Waals surface area contributed by atoms with Crippen LogP contribution >= 0.6 is 0 Å². The van der Waals surface area contributed by atoms with Crippen molar-refractivity contribution in [3.63, 3.8) is 0 Å². The van der Waals surface area contributed by atoms with Crippen molar-refractivity contribution in [1.29, 1.82) is 0 Å². The van der Waals surface area contributed by atoms with Crippen LogP contribution in [0.25, 0.3) is 11.0 Å². The smallest absolute Gasteiger partial charge is 0.244 e. The molecule has 0 aliphatic heterocycles. The van der Waals surface area contributed by atoms with Gasteiger partial charge in [-0.2, -0.15) is 0 Å². The van der Waals surface area contributed by atoms with Gasteiger partial charge >= 0.3 is 0 Å². The molecule has 1 aromatic heterocycles. The number of amides is 2. The Bertz CT molecular complexity index is 1020. The average molecular weight is 393 g/mol. The van der Waals surface area contributed by atoms with Gasteiger partial charge in [-0.25, -0.2) is 4.98 Å². The fraction of sp³-hybridized carbons (Fsp3) is 0.348. The highest BCUT2D eigenvalue weighted by Crippen LogP contribution is 2.21. The molecule has 0 saturated heterocycles. The Balaban J connectivity index is 1.80. The van der Waals surface area contributed by atoms with Crippen LogP contribution in [0.5, 0.6) is 0 Å². The first-order chi connectivity index (χ1) is 13.9. The molecule has 1 heterocycles. The maximum atomic E-state index is 12.8. The zero-order valence-electron chi connectivity index (χ0n) is 17.5. The van der Waals surface area contributed by atoms with E-state index in [-0.39, 0.29) is 24.3 Å². The number of hydrogen-bond acceptors (Lipinski definition) is 3. The quantitative estimate of drug-likeness (QED) is 0.645. The van der Waals surface area contributed by atoms with E-state index in [1.807, 2.05) is 74.7 Å². The minimum absolute atomic E-state index is 0.0143. The zero-order valence-corrected chi connectivity index (χ0v) is 17.5. The molecule has 3 rings (SSSR count). The molecule has 3 aromatic rings. The van der Waals surface area contributed by atoms with Gasteiger partial charge in [0.2, 0.25) is 11.8 Å². The highest BCUT2D eigenvalue weighted by molar-refractivity contribution is 5.93. The first-order valence-corrected chi connectivity index (χ1v) is 9.94. The summed E-state index contributed by atoms with van der Waals surface area (Å²) in [5, 5.41) is 5.96. The lowest BCUT2D eigenvalue weighted by Gasteiger charge is -2.14.